The van der Waals surface area contributed by atoms with E-state index in [-0.39, 0.29) is 5.54 Å². The summed E-state index contributed by atoms with van der Waals surface area (Å²) in [5, 5.41) is 4.82. The Bertz CT molecular complexity index is 529. The van der Waals surface area contributed by atoms with Crippen molar-refractivity contribution in [3.05, 3.63) is 30.1 Å². The normalized spacial score (nSPS) is 24.5. The van der Waals surface area contributed by atoms with Crippen molar-refractivity contribution in [2.75, 3.05) is 13.2 Å². The molecule has 4 heteroatoms. The highest BCUT2D eigenvalue weighted by molar-refractivity contribution is 5.79. The molecular formula is C14H19N3O. The van der Waals surface area contributed by atoms with Crippen LogP contribution in [-0.4, -0.2) is 28.7 Å². The van der Waals surface area contributed by atoms with Crippen molar-refractivity contribution in [2.24, 2.45) is 0 Å². The van der Waals surface area contributed by atoms with E-state index in [9.17, 15) is 0 Å². The topological polar surface area (TPSA) is 49.9 Å². The molecule has 2 N–H and O–H groups in total. The summed E-state index contributed by atoms with van der Waals surface area (Å²) >= 11 is 0. The van der Waals surface area contributed by atoms with Crippen molar-refractivity contribution in [1.82, 2.24) is 15.3 Å². The molecule has 0 aromatic carbocycles. The molecule has 3 rings (SSSR count). The molecule has 96 valence electrons. The number of pyridine rings is 1. The predicted octanol–water partition coefficient (Wildman–Crippen LogP) is 2.22. The molecule has 18 heavy (non-hydrogen) atoms. The lowest BCUT2D eigenvalue weighted by Gasteiger charge is -2.34. The Morgan fingerprint density at radius 2 is 2.50 bits per heavy atom. The van der Waals surface area contributed by atoms with Gasteiger partial charge in [0.05, 0.1) is 6.61 Å². The summed E-state index contributed by atoms with van der Waals surface area (Å²) in [7, 11) is 0. The average Bonchev–Trinajstić information content (AvgIpc) is 2.81. The maximum absolute atomic E-state index is 5.56. The molecule has 1 saturated heterocycles. The lowest BCUT2D eigenvalue weighted by atomic mass is 9.94. The molecule has 0 radical (unpaired) electrons. The summed E-state index contributed by atoms with van der Waals surface area (Å²) in [4.78, 5) is 7.51. The van der Waals surface area contributed by atoms with Gasteiger partial charge >= 0.3 is 0 Å². The van der Waals surface area contributed by atoms with E-state index >= 15 is 0 Å². The standard InChI is InChI=1S/C14H19N3O/c1-14(5-3-7-18-10-14)17-9-11-8-16-13-12(11)4-2-6-15-13/h2,4,6,8,17H,3,5,7,9-10H2,1H3,(H,15,16). The van der Waals surface area contributed by atoms with Crippen LogP contribution >= 0.6 is 0 Å². The Balaban J connectivity index is 1.73. The van der Waals surface area contributed by atoms with Gasteiger partial charge in [-0.2, -0.15) is 0 Å². The van der Waals surface area contributed by atoms with E-state index in [1.54, 1.807) is 0 Å². The number of nitrogens with one attached hydrogen (secondary N) is 2. The molecule has 4 nitrogen and oxygen atoms in total. The molecule has 0 bridgehead atoms. The van der Waals surface area contributed by atoms with Gasteiger partial charge in [0, 0.05) is 36.5 Å². The predicted molar refractivity (Wildman–Crippen MR) is 71.4 cm³/mol. The molecular weight excluding hydrogens is 226 g/mol. The van der Waals surface area contributed by atoms with Gasteiger partial charge in [0.25, 0.3) is 0 Å². The number of nitrogens with zero attached hydrogens (tertiary/aromatic N) is 1. The average molecular weight is 245 g/mol. The van der Waals surface area contributed by atoms with Crippen molar-refractivity contribution in [3.8, 4) is 0 Å². The van der Waals surface area contributed by atoms with Crippen molar-refractivity contribution in [2.45, 2.75) is 31.8 Å². The summed E-state index contributed by atoms with van der Waals surface area (Å²) in [6.07, 6.45) is 6.16. The first-order valence-electron chi connectivity index (χ1n) is 6.51. The number of aromatic amines is 1. The third kappa shape index (κ3) is 2.26. The number of hydrogen-bond donors (Lipinski definition) is 2. The van der Waals surface area contributed by atoms with Gasteiger partial charge in [-0.25, -0.2) is 4.98 Å². The van der Waals surface area contributed by atoms with Crippen LogP contribution in [0.25, 0.3) is 11.0 Å². The molecule has 1 aliphatic heterocycles. The summed E-state index contributed by atoms with van der Waals surface area (Å²) in [5.74, 6) is 0. The second kappa shape index (κ2) is 4.71. The van der Waals surface area contributed by atoms with Gasteiger partial charge in [0.1, 0.15) is 5.65 Å². The van der Waals surface area contributed by atoms with Gasteiger partial charge in [-0.15, -0.1) is 0 Å². The minimum atomic E-state index is 0.101. The SMILES string of the molecule is CC1(NCc2c[nH]c3ncccc23)CCCOC1. The Morgan fingerprint density at radius 3 is 3.33 bits per heavy atom. The lowest BCUT2D eigenvalue weighted by molar-refractivity contribution is 0.0278. The van der Waals surface area contributed by atoms with Crippen LogP contribution in [-0.2, 0) is 11.3 Å². The monoisotopic (exact) mass is 245 g/mol. The van der Waals surface area contributed by atoms with Crippen LogP contribution in [0.15, 0.2) is 24.5 Å². The van der Waals surface area contributed by atoms with Crippen LogP contribution in [0.2, 0.25) is 0 Å². The fourth-order valence-electron chi connectivity index (χ4n) is 2.54. The Hall–Kier alpha value is -1.39. The van der Waals surface area contributed by atoms with Crippen molar-refractivity contribution < 1.29 is 4.74 Å². The Morgan fingerprint density at radius 1 is 1.56 bits per heavy atom. The van der Waals surface area contributed by atoms with E-state index in [2.05, 4.69) is 28.3 Å². The first-order chi connectivity index (χ1) is 8.77. The smallest absolute Gasteiger partial charge is 0.137 e. The first kappa shape index (κ1) is 11.7. The van der Waals surface area contributed by atoms with Crippen LogP contribution in [0.3, 0.4) is 0 Å². The Labute approximate surface area is 107 Å². The molecule has 0 spiro atoms. The van der Waals surface area contributed by atoms with Crippen LogP contribution < -0.4 is 5.32 Å². The molecule has 2 aromatic heterocycles. The number of ether oxygens (including phenoxy) is 1. The van der Waals surface area contributed by atoms with E-state index in [0.29, 0.717) is 0 Å². The van der Waals surface area contributed by atoms with E-state index in [1.165, 1.54) is 17.4 Å². The van der Waals surface area contributed by atoms with Gasteiger partial charge in [0.2, 0.25) is 0 Å². The Kier molecular flexibility index (Phi) is 3.06. The molecule has 2 aromatic rings. The van der Waals surface area contributed by atoms with Gasteiger partial charge in [0.15, 0.2) is 0 Å². The highest BCUT2D eigenvalue weighted by Crippen LogP contribution is 2.21. The van der Waals surface area contributed by atoms with Gasteiger partial charge < -0.3 is 15.0 Å². The van der Waals surface area contributed by atoms with Gasteiger partial charge in [-0.3, -0.25) is 0 Å². The summed E-state index contributed by atoms with van der Waals surface area (Å²) in [5.41, 5.74) is 2.33. The second-order valence-corrected chi connectivity index (χ2v) is 5.28. The van der Waals surface area contributed by atoms with Gasteiger partial charge in [-0.05, 0) is 37.5 Å². The van der Waals surface area contributed by atoms with E-state index in [1.807, 2.05) is 18.5 Å². The van der Waals surface area contributed by atoms with E-state index < -0.39 is 0 Å². The quantitative estimate of drug-likeness (QED) is 0.871. The van der Waals surface area contributed by atoms with E-state index in [0.717, 1.165) is 31.8 Å². The third-order valence-corrected chi connectivity index (χ3v) is 3.68. The highest BCUT2D eigenvalue weighted by Gasteiger charge is 2.26. The fraction of sp³-hybridized carbons (Fsp3) is 0.500. The third-order valence-electron chi connectivity index (χ3n) is 3.68. The maximum Gasteiger partial charge on any atom is 0.137 e. The summed E-state index contributed by atoms with van der Waals surface area (Å²) in [6, 6.07) is 4.08. The zero-order valence-corrected chi connectivity index (χ0v) is 10.7. The van der Waals surface area contributed by atoms with Crippen molar-refractivity contribution in [1.29, 1.82) is 0 Å². The van der Waals surface area contributed by atoms with Crippen LogP contribution in [0.4, 0.5) is 0 Å². The molecule has 3 heterocycles. The number of aromatic nitrogens is 2. The second-order valence-electron chi connectivity index (χ2n) is 5.28. The van der Waals surface area contributed by atoms with Crippen LogP contribution in [0.5, 0.6) is 0 Å². The summed E-state index contributed by atoms with van der Waals surface area (Å²) in [6.45, 7) is 4.78. The first-order valence-corrected chi connectivity index (χ1v) is 6.51. The number of hydrogen-bond acceptors (Lipinski definition) is 3. The van der Waals surface area contributed by atoms with E-state index in [4.69, 9.17) is 4.74 Å². The molecule has 1 unspecified atom stereocenters. The highest BCUT2D eigenvalue weighted by atomic mass is 16.5. The zero-order chi connectivity index (χ0) is 12.4. The summed E-state index contributed by atoms with van der Waals surface area (Å²) < 4.78 is 5.56. The van der Waals surface area contributed by atoms with Crippen LogP contribution in [0, 0.1) is 0 Å². The molecule has 1 fully saturated rings. The number of H-pyrrole nitrogens is 1. The fourth-order valence-corrected chi connectivity index (χ4v) is 2.54. The number of fused-ring (bicyclic) bond motifs is 1. The number of rotatable bonds is 3. The minimum absolute atomic E-state index is 0.101. The molecule has 1 aliphatic rings. The molecule has 0 amide bonds. The van der Waals surface area contributed by atoms with Crippen molar-refractivity contribution in [3.63, 3.8) is 0 Å². The van der Waals surface area contributed by atoms with Crippen LogP contribution in [0.1, 0.15) is 25.3 Å². The molecule has 0 saturated carbocycles. The largest absolute Gasteiger partial charge is 0.380 e. The van der Waals surface area contributed by atoms with Crippen molar-refractivity contribution >= 4 is 11.0 Å². The van der Waals surface area contributed by atoms with Gasteiger partial charge in [-0.1, -0.05) is 0 Å². The lowest BCUT2D eigenvalue weighted by Crippen LogP contribution is -2.48. The maximum atomic E-state index is 5.56. The molecule has 1 atom stereocenters. The molecule has 0 aliphatic carbocycles. The zero-order valence-electron chi connectivity index (χ0n) is 10.7. The minimum Gasteiger partial charge on any atom is -0.380 e.